The van der Waals surface area contributed by atoms with E-state index in [4.69, 9.17) is 5.73 Å². The summed E-state index contributed by atoms with van der Waals surface area (Å²) in [5.74, 6) is 0.619. The van der Waals surface area contributed by atoms with Crippen LogP contribution in [0, 0.1) is 6.92 Å². The number of aryl methyl sites for hydroxylation is 2. The maximum atomic E-state index is 5.75. The number of nitrogen functional groups attached to an aromatic ring is 1. The number of pyridine rings is 1. The molecule has 62 valence electrons. The molecule has 0 bridgehead atoms. The highest BCUT2D eigenvalue weighted by Crippen LogP contribution is 2.16. The second-order valence-corrected chi connectivity index (χ2v) is 2.83. The van der Waals surface area contributed by atoms with Gasteiger partial charge in [-0.25, -0.2) is 4.98 Å². The van der Waals surface area contributed by atoms with E-state index in [1.54, 1.807) is 4.68 Å². The smallest absolute Gasteiger partial charge is 0.148 e. The average molecular weight is 162 g/mol. The Labute approximate surface area is 70.0 Å². The molecule has 0 aliphatic carbocycles. The molecule has 0 unspecified atom stereocenters. The number of aromatic nitrogens is 3. The first-order valence-corrected chi connectivity index (χ1v) is 3.74. The quantitative estimate of drug-likeness (QED) is 0.625. The van der Waals surface area contributed by atoms with Gasteiger partial charge >= 0.3 is 0 Å². The standard InChI is InChI=1S/C8H10N4/c1-5-3-4-6-7(10-5)8(9)12(2)11-6/h3-4H,9H2,1-2H3. The van der Waals surface area contributed by atoms with Crippen molar-refractivity contribution in [3.63, 3.8) is 0 Å². The van der Waals surface area contributed by atoms with Gasteiger partial charge in [0, 0.05) is 12.7 Å². The molecule has 0 saturated carbocycles. The van der Waals surface area contributed by atoms with Gasteiger partial charge in [-0.05, 0) is 19.1 Å². The Morgan fingerprint density at radius 3 is 2.92 bits per heavy atom. The van der Waals surface area contributed by atoms with E-state index >= 15 is 0 Å². The monoisotopic (exact) mass is 162 g/mol. The van der Waals surface area contributed by atoms with Crippen molar-refractivity contribution >= 4 is 16.9 Å². The molecule has 2 aromatic heterocycles. The summed E-state index contributed by atoms with van der Waals surface area (Å²) in [5, 5.41) is 4.18. The number of rotatable bonds is 0. The summed E-state index contributed by atoms with van der Waals surface area (Å²) in [6, 6.07) is 3.85. The molecule has 0 aromatic carbocycles. The minimum atomic E-state index is 0.619. The first-order valence-electron chi connectivity index (χ1n) is 3.74. The van der Waals surface area contributed by atoms with Crippen LogP contribution in [0.25, 0.3) is 11.0 Å². The van der Waals surface area contributed by atoms with Gasteiger partial charge in [0.05, 0.1) is 0 Å². The first-order chi connectivity index (χ1) is 5.68. The minimum Gasteiger partial charge on any atom is -0.382 e. The van der Waals surface area contributed by atoms with E-state index in [1.165, 1.54) is 0 Å². The predicted molar refractivity (Wildman–Crippen MR) is 47.7 cm³/mol. The molecule has 4 nitrogen and oxygen atoms in total. The molecule has 0 amide bonds. The largest absolute Gasteiger partial charge is 0.382 e. The number of anilines is 1. The number of nitrogens with zero attached hydrogens (tertiary/aromatic N) is 3. The highest BCUT2D eigenvalue weighted by molar-refractivity contribution is 5.84. The molecule has 0 radical (unpaired) electrons. The lowest BCUT2D eigenvalue weighted by atomic mass is 10.3. The topological polar surface area (TPSA) is 56.7 Å². The van der Waals surface area contributed by atoms with Crippen molar-refractivity contribution in [3.8, 4) is 0 Å². The van der Waals surface area contributed by atoms with Gasteiger partial charge in [0.2, 0.25) is 0 Å². The fourth-order valence-electron chi connectivity index (χ4n) is 1.19. The zero-order valence-electron chi connectivity index (χ0n) is 7.07. The molecule has 2 N–H and O–H groups in total. The lowest BCUT2D eigenvalue weighted by Gasteiger charge is -1.92. The van der Waals surface area contributed by atoms with Gasteiger partial charge in [-0.3, -0.25) is 4.68 Å². The van der Waals surface area contributed by atoms with Gasteiger partial charge in [-0.15, -0.1) is 0 Å². The van der Waals surface area contributed by atoms with E-state index in [1.807, 2.05) is 26.1 Å². The van der Waals surface area contributed by atoms with E-state index in [9.17, 15) is 0 Å². The number of fused-ring (bicyclic) bond motifs is 1. The highest BCUT2D eigenvalue weighted by Gasteiger charge is 2.05. The lowest BCUT2D eigenvalue weighted by Crippen LogP contribution is -1.97. The Kier molecular flexibility index (Phi) is 1.30. The normalized spacial score (nSPS) is 10.8. The van der Waals surface area contributed by atoms with Crippen molar-refractivity contribution in [3.05, 3.63) is 17.8 Å². The summed E-state index contributed by atoms with van der Waals surface area (Å²) in [6.07, 6.45) is 0. The van der Waals surface area contributed by atoms with Crippen LogP contribution in [-0.4, -0.2) is 14.8 Å². The molecule has 0 aliphatic heterocycles. The molecule has 0 aliphatic rings. The summed E-state index contributed by atoms with van der Waals surface area (Å²) in [6.45, 7) is 1.94. The zero-order valence-corrected chi connectivity index (χ0v) is 7.07. The Balaban J connectivity index is 2.88. The van der Waals surface area contributed by atoms with Gasteiger partial charge in [-0.1, -0.05) is 0 Å². The molecular weight excluding hydrogens is 152 g/mol. The maximum absolute atomic E-state index is 5.75. The van der Waals surface area contributed by atoms with Gasteiger partial charge in [-0.2, -0.15) is 5.10 Å². The third kappa shape index (κ3) is 0.845. The van der Waals surface area contributed by atoms with Crippen LogP contribution in [0.2, 0.25) is 0 Å². The summed E-state index contributed by atoms with van der Waals surface area (Å²) in [5.41, 5.74) is 8.34. The fourth-order valence-corrected chi connectivity index (χ4v) is 1.19. The van der Waals surface area contributed by atoms with Gasteiger partial charge in [0.1, 0.15) is 16.9 Å². The third-order valence-corrected chi connectivity index (χ3v) is 1.86. The van der Waals surface area contributed by atoms with Crippen LogP contribution in [0.3, 0.4) is 0 Å². The molecule has 2 rings (SSSR count). The zero-order chi connectivity index (χ0) is 8.72. The lowest BCUT2D eigenvalue weighted by molar-refractivity contribution is 0.791. The van der Waals surface area contributed by atoms with Crippen LogP contribution in [0.5, 0.6) is 0 Å². The van der Waals surface area contributed by atoms with Crippen molar-refractivity contribution in [2.24, 2.45) is 7.05 Å². The van der Waals surface area contributed by atoms with Crippen LogP contribution in [0.1, 0.15) is 5.69 Å². The van der Waals surface area contributed by atoms with E-state index in [0.717, 1.165) is 16.7 Å². The summed E-state index contributed by atoms with van der Waals surface area (Å²) in [4.78, 5) is 4.29. The molecule has 0 saturated heterocycles. The van der Waals surface area contributed by atoms with E-state index in [2.05, 4.69) is 10.1 Å². The number of hydrogen-bond acceptors (Lipinski definition) is 3. The average Bonchev–Trinajstić information content (AvgIpc) is 2.31. The second-order valence-electron chi connectivity index (χ2n) is 2.83. The van der Waals surface area contributed by atoms with Gasteiger partial charge < -0.3 is 5.73 Å². The van der Waals surface area contributed by atoms with E-state index in [0.29, 0.717) is 5.82 Å². The molecule has 2 heterocycles. The Bertz CT molecular complexity index is 430. The summed E-state index contributed by atoms with van der Waals surface area (Å²) >= 11 is 0. The molecule has 0 fully saturated rings. The number of hydrogen-bond donors (Lipinski definition) is 1. The second kappa shape index (κ2) is 2.20. The number of nitrogens with two attached hydrogens (primary N) is 1. The van der Waals surface area contributed by atoms with E-state index in [-0.39, 0.29) is 0 Å². The van der Waals surface area contributed by atoms with E-state index < -0.39 is 0 Å². The van der Waals surface area contributed by atoms with Gasteiger partial charge in [0.25, 0.3) is 0 Å². The molecule has 0 spiro atoms. The van der Waals surface area contributed by atoms with Crippen molar-refractivity contribution in [1.82, 2.24) is 14.8 Å². The van der Waals surface area contributed by atoms with Crippen LogP contribution in [0.4, 0.5) is 5.82 Å². The SMILES string of the molecule is Cc1ccc2nn(C)c(N)c2n1. The minimum absolute atomic E-state index is 0.619. The summed E-state index contributed by atoms with van der Waals surface area (Å²) in [7, 11) is 1.81. The summed E-state index contributed by atoms with van der Waals surface area (Å²) < 4.78 is 1.64. The van der Waals surface area contributed by atoms with Crippen molar-refractivity contribution < 1.29 is 0 Å². The highest BCUT2D eigenvalue weighted by atomic mass is 15.3. The maximum Gasteiger partial charge on any atom is 0.148 e. The molecule has 0 atom stereocenters. The van der Waals surface area contributed by atoms with Crippen LogP contribution >= 0.6 is 0 Å². The van der Waals surface area contributed by atoms with Crippen molar-refractivity contribution in [2.45, 2.75) is 6.92 Å². The third-order valence-electron chi connectivity index (χ3n) is 1.86. The van der Waals surface area contributed by atoms with Crippen LogP contribution in [0.15, 0.2) is 12.1 Å². The predicted octanol–water partition coefficient (Wildman–Crippen LogP) is 0.859. The van der Waals surface area contributed by atoms with Crippen LogP contribution < -0.4 is 5.73 Å². The Morgan fingerprint density at radius 2 is 2.17 bits per heavy atom. The first kappa shape index (κ1) is 7.09. The van der Waals surface area contributed by atoms with Crippen LogP contribution in [-0.2, 0) is 7.05 Å². The molecule has 2 aromatic rings. The van der Waals surface area contributed by atoms with Crippen molar-refractivity contribution in [2.75, 3.05) is 5.73 Å². The molecular formula is C8H10N4. The van der Waals surface area contributed by atoms with Gasteiger partial charge in [0.15, 0.2) is 0 Å². The Morgan fingerprint density at radius 1 is 1.42 bits per heavy atom. The van der Waals surface area contributed by atoms with Crippen molar-refractivity contribution in [1.29, 1.82) is 0 Å². The molecule has 4 heteroatoms. The fraction of sp³-hybridized carbons (Fsp3) is 0.250. The molecule has 12 heavy (non-hydrogen) atoms. The Hall–Kier alpha value is -1.58.